The summed E-state index contributed by atoms with van der Waals surface area (Å²) in [5.74, 6) is 0.343. The van der Waals surface area contributed by atoms with Crippen molar-refractivity contribution < 1.29 is 13.2 Å². The van der Waals surface area contributed by atoms with E-state index in [0.717, 1.165) is 25.9 Å². The third kappa shape index (κ3) is 4.93. The number of halogens is 3. The van der Waals surface area contributed by atoms with Crippen molar-refractivity contribution in [2.45, 2.75) is 44.4 Å². The first-order valence-electron chi connectivity index (χ1n) is 6.96. The summed E-state index contributed by atoms with van der Waals surface area (Å²) in [5.41, 5.74) is 5.66. The Kier molecular flexibility index (Phi) is 6.08. The fourth-order valence-corrected chi connectivity index (χ4v) is 2.81. The van der Waals surface area contributed by atoms with Crippen LogP contribution in [0, 0.1) is 5.92 Å². The van der Waals surface area contributed by atoms with Crippen LogP contribution in [0.3, 0.4) is 0 Å². The normalized spacial score (nSPS) is 22.7. The van der Waals surface area contributed by atoms with Crippen LogP contribution in [0.5, 0.6) is 0 Å². The lowest BCUT2D eigenvalue weighted by Crippen LogP contribution is -2.55. The maximum atomic E-state index is 13.1. The lowest BCUT2D eigenvalue weighted by Gasteiger charge is -2.37. The van der Waals surface area contributed by atoms with E-state index in [1.54, 1.807) is 14.0 Å². The molecule has 0 bridgehead atoms. The molecule has 19 heavy (non-hydrogen) atoms. The molecule has 1 aliphatic heterocycles. The highest BCUT2D eigenvalue weighted by Crippen LogP contribution is 2.28. The Morgan fingerprint density at radius 1 is 1.32 bits per heavy atom. The lowest BCUT2D eigenvalue weighted by molar-refractivity contribution is -0.187. The van der Waals surface area contributed by atoms with Gasteiger partial charge in [0.2, 0.25) is 0 Å². The van der Waals surface area contributed by atoms with Crippen LogP contribution in [0.25, 0.3) is 0 Å². The van der Waals surface area contributed by atoms with Gasteiger partial charge >= 0.3 is 6.18 Å². The maximum absolute atomic E-state index is 13.1. The summed E-state index contributed by atoms with van der Waals surface area (Å²) in [7, 11) is 3.59. The molecule has 114 valence electrons. The minimum Gasteiger partial charge on any atom is -0.326 e. The molecule has 1 fully saturated rings. The molecule has 0 aromatic carbocycles. The third-order valence-electron chi connectivity index (χ3n) is 4.07. The number of hydrogen-bond donors (Lipinski definition) is 1. The molecule has 2 atom stereocenters. The average Bonchev–Trinajstić information content (AvgIpc) is 2.30. The molecule has 3 nitrogen and oxygen atoms in total. The van der Waals surface area contributed by atoms with Crippen molar-refractivity contribution >= 4 is 0 Å². The SMILES string of the molecule is CCC(N)C(N(C)CC1CCN(C)CC1)C(F)(F)F. The summed E-state index contributed by atoms with van der Waals surface area (Å²) in [6.45, 7) is 4.11. The first kappa shape index (κ1) is 16.7. The Morgan fingerprint density at radius 2 is 1.84 bits per heavy atom. The van der Waals surface area contributed by atoms with Crippen molar-refractivity contribution in [2.75, 3.05) is 33.7 Å². The topological polar surface area (TPSA) is 32.5 Å². The molecule has 0 spiro atoms. The van der Waals surface area contributed by atoms with Crippen LogP contribution in [0.15, 0.2) is 0 Å². The molecule has 0 saturated carbocycles. The molecule has 1 heterocycles. The van der Waals surface area contributed by atoms with E-state index in [-0.39, 0.29) is 0 Å². The lowest BCUT2D eigenvalue weighted by atomic mass is 9.95. The molecule has 0 aromatic rings. The molecule has 0 radical (unpaired) electrons. The minimum absolute atomic E-state index is 0.335. The van der Waals surface area contributed by atoms with E-state index in [2.05, 4.69) is 4.90 Å². The van der Waals surface area contributed by atoms with Crippen LogP contribution in [-0.2, 0) is 0 Å². The van der Waals surface area contributed by atoms with Crippen LogP contribution >= 0.6 is 0 Å². The average molecular weight is 281 g/mol. The summed E-state index contributed by atoms with van der Waals surface area (Å²) >= 11 is 0. The third-order valence-corrected chi connectivity index (χ3v) is 4.07. The van der Waals surface area contributed by atoms with Gasteiger partial charge in [-0.25, -0.2) is 0 Å². The van der Waals surface area contributed by atoms with Crippen LogP contribution in [0.2, 0.25) is 0 Å². The van der Waals surface area contributed by atoms with Crippen LogP contribution in [-0.4, -0.2) is 61.8 Å². The second-order valence-corrected chi connectivity index (χ2v) is 5.74. The van der Waals surface area contributed by atoms with Gasteiger partial charge in [-0.1, -0.05) is 6.92 Å². The van der Waals surface area contributed by atoms with E-state index in [1.807, 2.05) is 7.05 Å². The number of hydrogen-bond acceptors (Lipinski definition) is 3. The van der Waals surface area contributed by atoms with E-state index < -0.39 is 18.3 Å². The fraction of sp³-hybridized carbons (Fsp3) is 1.00. The van der Waals surface area contributed by atoms with Gasteiger partial charge in [-0.15, -0.1) is 0 Å². The Balaban J connectivity index is 2.59. The number of rotatable bonds is 5. The van der Waals surface area contributed by atoms with E-state index in [4.69, 9.17) is 5.73 Å². The van der Waals surface area contributed by atoms with Crippen molar-refractivity contribution in [1.29, 1.82) is 0 Å². The van der Waals surface area contributed by atoms with Crippen molar-refractivity contribution in [1.82, 2.24) is 9.80 Å². The van der Waals surface area contributed by atoms with Crippen LogP contribution < -0.4 is 5.73 Å². The predicted octanol–water partition coefficient (Wildman–Crippen LogP) is 1.93. The molecule has 1 aliphatic rings. The predicted molar refractivity (Wildman–Crippen MR) is 71.0 cm³/mol. The summed E-state index contributed by atoms with van der Waals surface area (Å²) in [5, 5.41) is 0. The van der Waals surface area contributed by atoms with Crippen LogP contribution in [0.4, 0.5) is 13.2 Å². The molecule has 0 aliphatic carbocycles. The molecule has 6 heteroatoms. The highest BCUT2D eigenvalue weighted by molar-refractivity contribution is 4.87. The first-order chi connectivity index (χ1) is 8.75. The van der Waals surface area contributed by atoms with Crippen LogP contribution in [0.1, 0.15) is 26.2 Å². The Labute approximate surface area is 113 Å². The molecule has 2 N–H and O–H groups in total. The number of nitrogens with zero attached hydrogens (tertiary/aromatic N) is 2. The summed E-state index contributed by atoms with van der Waals surface area (Å²) < 4.78 is 39.3. The highest BCUT2D eigenvalue weighted by atomic mass is 19.4. The Hall–Kier alpha value is -0.330. The van der Waals surface area contributed by atoms with Crippen molar-refractivity contribution in [3.63, 3.8) is 0 Å². The first-order valence-corrected chi connectivity index (χ1v) is 6.96. The zero-order chi connectivity index (χ0) is 14.6. The van der Waals surface area contributed by atoms with Crippen molar-refractivity contribution in [3.05, 3.63) is 0 Å². The largest absolute Gasteiger partial charge is 0.405 e. The van der Waals surface area contributed by atoms with Gasteiger partial charge in [-0.2, -0.15) is 13.2 Å². The fourth-order valence-electron chi connectivity index (χ4n) is 2.81. The summed E-state index contributed by atoms with van der Waals surface area (Å²) in [4.78, 5) is 3.62. The molecular weight excluding hydrogens is 255 g/mol. The number of nitrogens with two attached hydrogens (primary N) is 1. The second kappa shape index (κ2) is 6.90. The molecule has 1 saturated heterocycles. The molecule has 0 aromatic heterocycles. The number of alkyl halides is 3. The molecule has 0 amide bonds. The number of likely N-dealkylation sites (N-methyl/N-ethyl adjacent to an activating group) is 1. The van der Waals surface area contributed by atoms with Gasteiger partial charge in [0.1, 0.15) is 6.04 Å². The molecule has 2 unspecified atom stereocenters. The quantitative estimate of drug-likeness (QED) is 0.836. The minimum atomic E-state index is -4.25. The van der Waals surface area contributed by atoms with Gasteiger partial charge < -0.3 is 10.6 Å². The van der Waals surface area contributed by atoms with Crippen molar-refractivity contribution in [3.8, 4) is 0 Å². The van der Waals surface area contributed by atoms with E-state index in [1.165, 1.54) is 4.90 Å². The van der Waals surface area contributed by atoms with E-state index >= 15 is 0 Å². The molecule has 1 rings (SSSR count). The number of piperidine rings is 1. The van der Waals surface area contributed by atoms with Gasteiger partial charge in [0.25, 0.3) is 0 Å². The van der Waals surface area contributed by atoms with Crippen molar-refractivity contribution in [2.24, 2.45) is 11.7 Å². The van der Waals surface area contributed by atoms with Gasteiger partial charge in [0.05, 0.1) is 0 Å². The standard InChI is InChI=1S/C13H26F3N3/c1-4-11(17)12(13(14,15)16)19(3)9-10-5-7-18(2)8-6-10/h10-12H,4-9,17H2,1-3H3. The smallest absolute Gasteiger partial charge is 0.326 e. The zero-order valence-corrected chi connectivity index (χ0v) is 12.1. The number of likely N-dealkylation sites (tertiary alicyclic amines) is 1. The second-order valence-electron chi connectivity index (χ2n) is 5.74. The van der Waals surface area contributed by atoms with E-state index in [9.17, 15) is 13.2 Å². The summed E-state index contributed by atoms with van der Waals surface area (Å²) in [6, 6.07) is -2.38. The van der Waals surface area contributed by atoms with Gasteiger partial charge in [-0.3, -0.25) is 4.90 Å². The monoisotopic (exact) mass is 281 g/mol. The zero-order valence-electron chi connectivity index (χ0n) is 12.1. The Morgan fingerprint density at radius 3 is 2.26 bits per heavy atom. The van der Waals surface area contributed by atoms with Gasteiger partial charge in [0, 0.05) is 12.6 Å². The molecular formula is C13H26F3N3. The van der Waals surface area contributed by atoms with Gasteiger partial charge in [0.15, 0.2) is 0 Å². The Bertz CT molecular complexity index is 262. The highest BCUT2D eigenvalue weighted by Gasteiger charge is 2.45. The van der Waals surface area contributed by atoms with Gasteiger partial charge in [-0.05, 0) is 52.4 Å². The van der Waals surface area contributed by atoms with E-state index in [0.29, 0.717) is 18.9 Å². The summed E-state index contributed by atoms with van der Waals surface area (Å²) in [6.07, 6.45) is -1.99. The maximum Gasteiger partial charge on any atom is 0.405 e.